The predicted molar refractivity (Wildman–Crippen MR) is 80.1 cm³/mol. The quantitative estimate of drug-likeness (QED) is 0.682. The molecular weight excluding hydrogens is 268 g/mol. The van der Waals surface area contributed by atoms with Gasteiger partial charge in [-0.3, -0.25) is 4.68 Å². The minimum atomic E-state index is 0.175. The normalized spacial score (nSPS) is 10.7. The van der Waals surface area contributed by atoms with Gasteiger partial charge >= 0.3 is 0 Å². The summed E-state index contributed by atoms with van der Waals surface area (Å²) >= 11 is 0. The standard InChI is InChI=1S/C16H22N2O3/c19-9-4-8-18-13-16(12-17-18)21-11-5-10-20-14-15-6-2-1-3-7-15/h1-3,6-7,12-13,19H,4-5,8-11,14H2. The Morgan fingerprint density at radius 3 is 2.76 bits per heavy atom. The van der Waals surface area contributed by atoms with E-state index in [1.807, 2.05) is 24.4 Å². The highest BCUT2D eigenvalue weighted by Crippen LogP contribution is 2.09. The number of aliphatic hydroxyl groups excluding tert-OH is 1. The Morgan fingerprint density at radius 1 is 1.10 bits per heavy atom. The zero-order valence-electron chi connectivity index (χ0n) is 12.1. The largest absolute Gasteiger partial charge is 0.490 e. The molecule has 5 nitrogen and oxygen atoms in total. The maximum Gasteiger partial charge on any atom is 0.157 e. The van der Waals surface area contributed by atoms with Gasteiger partial charge in [0.1, 0.15) is 0 Å². The third-order valence-electron chi connectivity index (χ3n) is 2.97. The van der Waals surface area contributed by atoms with Crippen molar-refractivity contribution in [2.45, 2.75) is 26.0 Å². The number of nitrogens with zero attached hydrogens (tertiary/aromatic N) is 2. The lowest BCUT2D eigenvalue weighted by molar-refractivity contribution is 0.107. The van der Waals surface area contributed by atoms with Crippen LogP contribution in [-0.2, 0) is 17.9 Å². The van der Waals surface area contributed by atoms with E-state index in [1.54, 1.807) is 10.9 Å². The van der Waals surface area contributed by atoms with Crippen molar-refractivity contribution in [1.82, 2.24) is 9.78 Å². The maximum absolute atomic E-state index is 8.75. The van der Waals surface area contributed by atoms with Crippen molar-refractivity contribution in [3.05, 3.63) is 48.3 Å². The molecule has 0 amide bonds. The monoisotopic (exact) mass is 290 g/mol. The van der Waals surface area contributed by atoms with E-state index < -0.39 is 0 Å². The molecule has 5 heteroatoms. The van der Waals surface area contributed by atoms with Gasteiger partial charge in [-0.1, -0.05) is 30.3 Å². The lowest BCUT2D eigenvalue weighted by Gasteiger charge is -2.05. The van der Waals surface area contributed by atoms with Gasteiger partial charge in [0.15, 0.2) is 5.75 Å². The van der Waals surface area contributed by atoms with Crippen LogP contribution in [0.1, 0.15) is 18.4 Å². The second-order valence-corrected chi connectivity index (χ2v) is 4.76. The fraction of sp³-hybridized carbons (Fsp3) is 0.438. The summed E-state index contributed by atoms with van der Waals surface area (Å²) in [4.78, 5) is 0. The van der Waals surface area contributed by atoms with E-state index >= 15 is 0 Å². The molecule has 0 unspecified atom stereocenters. The average Bonchev–Trinajstić information content (AvgIpc) is 2.97. The molecule has 0 aliphatic carbocycles. The highest BCUT2D eigenvalue weighted by atomic mass is 16.5. The molecule has 0 aliphatic rings. The number of ether oxygens (including phenoxy) is 2. The molecule has 1 aromatic carbocycles. The maximum atomic E-state index is 8.75. The van der Waals surface area contributed by atoms with Crippen LogP contribution in [0.15, 0.2) is 42.7 Å². The van der Waals surface area contributed by atoms with Crippen LogP contribution in [0.25, 0.3) is 0 Å². The third kappa shape index (κ3) is 5.97. The molecule has 0 bridgehead atoms. The zero-order chi connectivity index (χ0) is 14.8. The molecule has 0 saturated heterocycles. The summed E-state index contributed by atoms with van der Waals surface area (Å²) in [5, 5.41) is 12.9. The number of rotatable bonds is 10. The van der Waals surface area contributed by atoms with E-state index in [0.717, 1.165) is 12.2 Å². The Bertz CT molecular complexity index is 499. The summed E-state index contributed by atoms with van der Waals surface area (Å²) in [5.74, 6) is 0.760. The molecule has 0 fully saturated rings. The molecule has 1 aromatic heterocycles. The highest BCUT2D eigenvalue weighted by Gasteiger charge is 1.99. The summed E-state index contributed by atoms with van der Waals surface area (Å²) in [6.45, 7) is 2.81. The smallest absolute Gasteiger partial charge is 0.157 e. The fourth-order valence-electron chi connectivity index (χ4n) is 1.89. The molecule has 21 heavy (non-hydrogen) atoms. The molecular formula is C16H22N2O3. The summed E-state index contributed by atoms with van der Waals surface area (Å²) in [7, 11) is 0. The van der Waals surface area contributed by atoms with Crippen molar-refractivity contribution in [2.24, 2.45) is 0 Å². The van der Waals surface area contributed by atoms with Crippen molar-refractivity contribution < 1.29 is 14.6 Å². The minimum Gasteiger partial charge on any atom is -0.490 e. The van der Waals surface area contributed by atoms with Crippen LogP contribution in [0.5, 0.6) is 5.75 Å². The molecule has 0 aliphatic heterocycles. The van der Waals surface area contributed by atoms with Crippen LogP contribution in [-0.4, -0.2) is 34.7 Å². The molecule has 0 radical (unpaired) electrons. The topological polar surface area (TPSA) is 56.5 Å². The molecule has 114 valence electrons. The first-order valence-electron chi connectivity index (χ1n) is 7.26. The molecule has 1 N–H and O–H groups in total. The number of hydrogen-bond acceptors (Lipinski definition) is 4. The van der Waals surface area contributed by atoms with E-state index in [4.69, 9.17) is 14.6 Å². The van der Waals surface area contributed by atoms with E-state index in [1.165, 1.54) is 5.56 Å². The van der Waals surface area contributed by atoms with Crippen LogP contribution in [0.2, 0.25) is 0 Å². The predicted octanol–water partition coefficient (Wildman–Crippen LogP) is 2.25. The van der Waals surface area contributed by atoms with E-state index in [0.29, 0.717) is 32.8 Å². The molecule has 2 aromatic rings. The first-order valence-corrected chi connectivity index (χ1v) is 7.26. The van der Waals surface area contributed by atoms with Crippen LogP contribution in [0, 0.1) is 0 Å². The van der Waals surface area contributed by atoms with Gasteiger partial charge in [-0.2, -0.15) is 5.10 Å². The SMILES string of the molecule is OCCCn1cc(OCCCOCc2ccccc2)cn1. The highest BCUT2D eigenvalue weighted by molar-refractivity contribution is 5.13. The van der Waals surface area contributed by atoms with Gasteiger partial charge in [0.05, 0.1) is 32.2 Å². The molecule has 1 heterocycles. The summed E-state index contributed by atoms with van der Waals surface area (Å²) < 4.78 is 13.0. The number of hydrogen-bond donors (Lipinski definition) is 1. The zero-order valence-corrected chi connectivity index (χ0v) is 12.1. The van der Waals surface area contributed by atoms with Crippen LogP contribution >= 0.6 is 0 Å². The Balaban J connectivity index is 1.54. The molecule has 2 rings (SSSR count). The second-order valence-electron chi connectivity index (χ2n) is 4.76. The van der Waals surface area contributed by atoms with Crippen LogP contribution < -0.4 is 4.74 Å². The first kappa shape index (κ1) is 15.5. The van der Waals surface area contributed by atoms with Crippen molar-refractivity contribution in [1.29, 1.82) is 0 Å². The Labute approximate surface area is 125 Å². The molecule has 0 saturated carbocycles. The van der Waals surface area contributed by atoms with Gasteiger partial charge in [0.2, 0.25) is 0 Å². The van der Waals surface area contributed by atoms with Gasteiger partial charge in [-0.15, -0.1) is 0 Å². The van der Waals surface area contributed by atoms with E-state index in [2.05, 4.69) is 17.2 Å². The van der Waals surface area contributed by atoms with Gasteiger partial charge < -0.3 is 14.6 Å². The third-order valence-corrected chi connectivity index (χ3v) is 2.97. The first-order chi connectivity index (χ1) is 10.4. The van der Waals surface area contributed by atoms with Gasteiger partial charge in [-0.05, 0) is 12.0 Å². The number of aryl methyl sites for hydroxylation is 1. The van der Waals surface area contributed by atoms with E-state index in [-0.39, 0.29) is 6.61 Å². The van der Waals surface area contributed by atoms with Gasteiger partial charge in [-0.25, -0.2) is 0 Å². The van der Waals surface area contributed by atoms with Crippen molar-refractivity contribution in [2.75, 3.05) is 19.8 Å². The summed E-state index contributed by atoms with van der Waals surface area (Å²) in [6, 6.07) is 10.1. The van der Waals surface area contributed by atoms with Crippen molar-refractivity contribution in [3.63, 3.8) is 0 Å². The summed E-state index contributed by atoms with van der Waals surface area (Å²) in [5.41, 5.74) is 1.18. The number of benzene rings is 1. The average molecular weight is 290 g/mol. The Morgan fingerprint density at radius 2 is 1.95 bits per heavy atom. The second kappa shape index (κ2) is 9.15. The van der Waals surface area contributed by atoms with E-state index in [9.17, 15) is 0 Å². The number of aromatic nitrogens is 2. The van der Waals surface area contributed by atoms with Gasteiger partial charge in [0.25, 0.3) is 0 Å². The number of aliphatic hydroxyl groups is 1. The van der Waals surface area contributed by atoms with Crippen molar-refractivity contribution in [3.8, 4) is 5.75 Å². The molecule has 0 spiro atoms. The van der Waals surface area contributed by atoms with Crippen molar-refractivity contribution >= 4 is 0 Å². The lowest BCUT2D eigenvalue weighted by atomic mass is 10.2. The Hall–Kier alpha value is -1.85. The van der Waals surface area contributed by atoms with Gasteiger partial charge in [0, 0.05) is 19.6 Å². The fourth-order valence-corrected chi connectivity index (χ4v) is 1.89. The lowest BCUT2D eigenvalue weighted by Crippen LogP contribution is -2.03. The minimum absolute atomic E-state index is 0.175. The molecule has 0 atom stereocenters. The Kier molecular flexibility index (Phi) is 6.77. The summed E-state index contributed by atoms with van der Waals surface area (Å²) in [6.07, 6.45) is 5.09. The van der Waals surface area contributed by atoms with Crippen LogP contribution in [0.3, 0.4) is 0 Å². The van der Waals surface area contributed by atoms with Crippen LogP contribution in [0.4, 0.5) is 0 Å².